The predicted octanol–water partition coefficient (Wildman–Crippen LogP) is 4.22. The minimum absolute atomic E-state index is 1.25. The molecule has 6 rings (SSSR count). The van der Waals surface area contributed by atoms with Crippen molar-refractivity contribution in [3.63, 3.8) is 0 Å². The Balaban J connectivity index is 0.000000204. The first-order valence-electron chi connectivity index (χ1n) is 11.0. The van der Waals surface area contributed by atoms with Crippen LogP contribution in [0.25, 0.3) is 0 Å². The number of nitrogens with one attached hydrogen (secondary N) is 3. The Morgan fingerprint density at radius 1 is 0.412 bits per heavy atom. The highest BCUT2D eigenvalue weighted by Crippen LogP contribution is 1.96. The van der Waals surface area contributed by atoms with Crippen LogP contribution in [0, 0.1) is 0 Å². The molecule has 0 aliphatic carbocycles. The number of pyridine rings is 1. The lowest BCUT2D eigenvalue weighted by molar-refractivity contribution is 0.520. The van der Waals surface area contributed by atoms with Gasteiger partial charge in [-0.1, -0.05) is 12.5 Å². The van der Waals surface area contributed by atoms with Crippen molar-refractivity contribution in [3.8, 4) is 0 Å². The van der Waals surface area contributed by atoms with Crippen molar-refractivity contribution in [2.45, 2.75) is 19.3 Å². The van der Waals surface area contributed by atoms with Crippen LogP contribution in [0.15, 0.2) is 123 Å². The third-order valence-electron chi connectivity index (χ3n) is 3.63. The first-order valence-corrected chi connectivity index (χ1v) is 11.0. The molecule has 1 saturated heterocycles. The van der Waals surface area contributed by atoms with Crippen LogP contribution in [0.2, 0.25) is 0 Å². The SMILES string of the molecule is C1CCNCC1.c1c[nH]cn1.c1cc[nH]c1.c1ccncc1.c1cnccn1.c1cncnc1. The number of H-pyrrole nitrogens is 2. The lowest BCUT2D eigenvalue weighted by atomic mass is 10.2. The number of hydrogen-bond donors (Lipinski definition) is 3. The summed E-state index contributed by atoms with van der Waals surface area (Å²) >= 11 is 0. The van der Waals surface area contributed by atoms with Gasteiger partial charge in [-0.05, 0) is 56.3 Å². The van der Waals surface area contributed by atoms with Gasteiger partial charge in [-0.2, -0.15) is 0 Å². The largest absolute Gasteiger partial charge is 0.368 e. The molecule has 6 heterocycles. The molecule has 3 N–H and O–H groups in total. The van der Waals surface area contributed by atoms with E-state index < -0.39 is 0 Å². The number of aromatic amines is 2. The van der Waals surface area contributed by atoms with E-state index in [4.69, 9.17) is 0 Å². The highest BCUT2D eigenvalue weighted by atomic mass is 14.9. The molecule has 0 aromatic carbocycles. The molecule has 1 fully saturated rings. The van der Waals surface area contributed by atoms with Crippen molar-refractivity contribution in [1.29, 1.82) is 0 Å². The summed E-state index contributed by atoms with van der Waals surface area (Å²) < 4.78 is 0. The third-order valence-corrected chi connectivity index (χ3v) is 3.63. The van der Waals surface area contributed by atoms with Crippen LogP contribution in [-0.2, 0) is 0 Å². The summed E-state index contributed by atoms with van der Waals surface area (Å²) in [6.07, 6.45) is 28.0. The zero-order valence-electron chi connectivity index (χ0n) is 19.3. The summed E-state index contributed by atoms with van der Waals surface area (Å²) in [4.78, 5) is 27.9. The number of hydrogen-bond acceptors (Lipinski definition) is 7. The van der Waals surface area contributed by atoms with Gasteiger partial charge in [-0.3, -0.25) is 15.0 Å². The molecule has 0 bridgehead atoms. The van der Waals surface area contributed by atoms with E-state index in [1.807, 2.05) is 42.7 Å². The monoisotopic (exact) mass is 459 g/mol. The van der Waals surface area contributed by atoms with Crippen molar-refractivity contribution >= 4 is 0 Å². The first kappa shape index (κ1) is 27.8. The fourth-order valence-electron chi connectivity index (χ4n) is 2.11. The Morgan fingerprint density at radius 3 is 1.18 bits per heavy atom. The lowest BCUT2D eigenvalue weighted by Gasteiger charge is -2.08. The number of nitrogens with zero attached hydrogens (tertiary/aromatic N) is 6. The number of piperidine rings is 1. The topological polar surface area (TPSA) is 121 Å². The molecule has 0 unspecified atom stereocenters. The van der Waals surface area contributed by atoms with Gasteiger partial charge >= 0.3 is 0 Å². The highest BCUT2D eigenvalue weighted by molar-refractivity contribution is 4.88. The van der Waals surface area contributed by atoms with Gasteiger partial charge in [0.15, 0.2) is 0 Å². The fraction of sp³-hybridized carbons (Fsp3) is 0.200. The van der Waals surface area contributed by atoms with Gasteiger partial charge < -0.3 is 15.3 Å². The second kappa shape index (κ2) is 25.0. The van der Waals surface area contributed by atoms with Crippen LogP contribution in [0.5, 0.6) is 0 Å². The third kappa shape index (κ3) is 22.4. The van der Waals surface area contributed by atoms with Gasteiger partial charge in [-0.15, -0.1) is 0 Å². The van der Waals surface area contributed by atoms with Gasteiger partial charge in [0.1, 0.15) is 6.33 Å². The number of rotatable bonds is 0. The molecule has 0 amide bonds. The summed E-state index contributed by atoms with van der Waals surface area (Å²) in [6.45, 7) is 2.50. The maximum Gasteiger partial charge on any atom is 0.115 e. The average molecular weight is 460 g/mol. The maximum absolute atomic E-state index is 3.78. The van der Waals surface area contributed by atoms with Gasteiger partial charge in [-0.25, -0.2) is 15.0 Å². The second-order valence-corrected chi connectivity index (χ2v) is 6.28. The standard InChI is InChI=1S/C5H11N.C5H5N.2C4H4N2.C4H5N.C3H4N2/c2*1-2-4-6-5-3-1;1-2-6-4-3-5-1;1-2-5-4-6-3-1;1-2-4-5-3-1;1-2-5-3-4-1/h6H,1-5H2;1-5H;2*1-4H;1-5H;1-3H,(H,4,5). The maximum atomic E-state index is 3.78. The zero-order chi connectivity index (χ0) is 24.0. The van der Waals surface area contributed by atoms with E-state index in [1.165, 1.54) is 38.7 Å². The highest BCUT2D eigenvalue weighted by Gasteiger charge is 1.93. The quantitative estimate of drug-likeness (QED) is 0.317. The minimum Gasteiger partial charge on any atom is -0.368 e. The molecule has 1 aliphatic rings. The van der Waals surface area contributed by atoms with Crippen molar-refractivity contribution in [3.05, 3.63) is 123 Å². The Bertz CT molecular complexity index is 674. The normalized spacial score (nSPS) is 10.8. The van der Waals surface area contributed by atoms with Gasteiger partial charge in [0.05, 0.1) is 6.33 Å². The summed E-state index contributed by atoms with van der Waals surface area (Å²) in [5.41, 5.74) is 0. The summed E-state index contributed by atoms with van der Waals surface area (Å²) in [6, 6.07) is 11.4. The number of imidazole rings is 1. The van der Waals surface area contributed by atoms with E-state index in [1.54, 1.807) is 74.4 Å². The van der Waals surface area contributed by atoms with E-state index in [0.717, 1.165) is 0 Å². The molecular formula is C25H33N9. The van der Waals surface area contributed by atoms with Gasteiger partial charge in [0, 0.05) is 74.4 Å². The Kier molecular flexibility index (Phi) is 20.5. The zero-order valence-corrected chi connectivity index (χ0v) is 19.3. The van der Waals surface area contributed by atoms with Crippen LogP contribution in [-0.4, -0.2) is 53.0 Å². The van der Waals surface area contributed by atoms with Crippen molar-refractivity contribution < 1.29 is 0 Å². The molecular weight excluding hydrogens is 426 g/mol. The van der Waals surface area contributed by atoms with Crippen LogP contribution in [0.1, 0.15) is 19.3 Å². The van der Waals surface area contributed by atoms with Gasteiger partial charge in [0.2, 0.25) is 0 Å². The molecule has 5 aromatic rings. The minimum atomic E-state index is 1.25. The average Bonchev–Trinajstić information content (AvgIpc) is 3.74. The predicted molar refractivity (Wildman–Crippen MR) is 134 cm³/mol. The van der Waals surface area contributed by atoms with E-state index in [9.17, 15) is 0 Å². The fourth-order valence-corrected chi connectivity index (χ4v) is 2.11. The Hall–Kier alpha value is -4.24. The van der Waals surface area contributed by atoms with Crippen LogP contribution < -0.4 is 5.32 Å². The molecule has 9 heteroatoms. The molecule has 0 atom stereocenters. The van der Waals surface area contributed by atoms with E-state index in [2.05, 4.69) is 45.2 Å². The van der Waals surface area contributed by atoms with Crippen LogP contribution >= 0.6 is 0 Å². The summed E-state index contributed by atoms with van der Waals surface area (Å²) in [7, 11) is 0. The summed E-state index contributed by atoms with van der Waals surface area (Å²) in [5, 5.41) is 3.28. The lowest BCUT2D eigenvalue weighted by Crippen LogP contribution is -2.21. The summed E-state index contributed by atoms with van der Waals surface area (Å²) in [5.74, 6) is 0. The molecule has 178 valence electrons. The van der Waals surface area contributed by atoms with Crippen molar-refractivity contribution in [2.75, 3.05) is 13.1 Å². The first-order chi connectivity index (χ1) is 17.0. The second-order valence-electron chi connectivity index (χ2n) is 6.28. The molecule has 0 radical (unpaired) electrons. The Morgan fingerprint density at radius 2 is 1.00 bits per heavy atom. The van der Waals surface area contributed by atoms with Crippen molar-refractivity contribution in [1.82, 2.24) is 45.2 Å². The molecule has 0 spiro atoms. The molecule has 34 heavy (non-hydrogen) atoms. The smallest absolute Gasteiger partial charge is 0.115 e. The molecule has 9 nitrogen and oxygen atoms in total. The number of aromatic nitrogens is 8. The van der Waals surface area contributed by atoms with E-state index >= 15 is 0 Å². The molecule has 5 aromatic heterocycles. The van der Waals surface area contributed by atoms with Gasteiger partial charge in [0.25, 0.3) is 0 Å². The Labute approximate surface area is 201 Å². The van der Waals surface area contributed by atoms with Crippen molar-refractivity contribution in [2.24, 2.45) is 0 Å². The molecule has 0 saturated carbocycles. The van der Waals surface area contributed by atoms with Crippen LogP contribution in [0.4, 0.5) is 0 Å². The van der Waals surface area contributed by atoms with E-state index in [-0.39, 0.29) is 0 Å². The van der Waals surface area contributed by atoms with E-state index in [0.29, 0.717) is 0 Å². The molecule has 1 aliphatic heterocycles. The van der Waals surface area contributed by atoms with Crippen LogP contribution in [0.3, 0.4) is 0 Å².